The summed E-state index contributed by atoms with van der Waals surface area (Å²) >= 11 is 0. The number of Topliss-reactive ketones (excluding diaryl/α,β-unsaturated/α-hetero) is 1. The van der Waals surface area contributed by atoms with Crippen molar-refractivity contribution in [1.82, 2.24) is 14.9 Å². The minimum absolute atomic E-state index is 0.143. The van der Waals surface area contributed by atoms with Crippen LogP contribution in [0.25, 0.3) is 0 Å². The van der Waals surface area contributed by atoms with Gasteiger partial charge < -0.3 is 9.88 Å². The molecule has 0 spiro atoms. The predicted octanol–water partition coefficient (Wildman–Crippen LogP) is 1.75. The Morgan fingerprint density at radius 3 is 2.71 bits per heavy atom. The first-order valence-corrected chi connectivity index (χ1v) is 6.57. The largest absolute Gasteiger partial charge is 0.333 e. The fourth-order valence-electron chi connectivity index (χ4n) is 3.08. The zero-order valence-electron chi connectivity index (χ0n) is 10.3. The first-order chi connectivity index (χ1) is 8.27. The quantitative estimate of drug-likeness (QED) is 0.804. The third-order valence-electron chi connectivity index (χ3n) is 4.06. The number of fused-ring (bicyclic) bond motifs is 1. The Kier molecular flexibility index (Phi) is 2.74. The van der Waals surface area contributed by atoms with Gasteiger partial charge in [-0.05, 0) is 12.8 Å². The van der Waals surface area contributed by atoms with Crippen LogP contribution in [-0.2, 0) is 13.6 Å². The Morgan fingerprint density at radius 1 is 1.24 bits per heavy atom. The monoisotopic (exact) mass is 233 g/mol. The Labute approximate surface area is 101 Å². The maximum Gasteiger partial charge on any atom is 0.196 e. The SMILES string of the molecule is Cn1c(C2CCCCC2)nc2c1CNCC2=O. The van der Waals surface area contributed by atoms with Gasteiger partial charge in [0.2, 0.25) is 0 Å². The van der Waals surface area contributed by atoms with Crippen molar-refractivity contribution in [2.24, 2.45) is 7.05 Å². The number of imidazole rings is 1. The zero-order valence-corrected chi connectivity index (χ0v) is 10.3. The molecule has 1 N–H and O–H groups in total. The number of carbonyl (C=O) groups is 1. The molecule has 1 fully saturated rings. The van der Waals surface area contributed by atoms with Crippen LogP contribution in [0.15, 0.2) is 0 Å². The van der Waals surface area contributed by atoms with Gasteiger partial charge in [0.25, 0.3) is 0 Å². The summed E-state index contributed by atoms with van der Waals surface area (Å²) in [6.07, 6.45) is 6.40. The number of aromatic nitrogens is 2. The van der Waals surface area contributed by atoms with Crippen molar-refractivity contribution >= 4 is 5.78 Å². The summed E-state index contributed by atoms with van der Waals surface area (Å²) in [5.74, 6) is 1.84. The molecule has 0 unspecified atom stereocenters. The van der Waals surface area contributed by atoms with Crippen LogP contribution in [0.4, 0.5) is 0 Å². The molecule has 0 radical (unpaired) electrons. The lowest BCUT2D eigenvalue weighted by Gasteiger charge is -2.21. The number of rotatable bonds is 1. The lowest BCUT2D eigenvalue weighted by atomic mass is 9.89. The molecule has 0 saturated heterocycles. The highest BCUT2D eigenvalue weighted by Gasteiger charge is 2.27. The normalized spacial score (nSPS) is 21.6. The molecule has 1 aromatic rings. The second kappa shape index (κ2) is 4.26. The smallest absolute Gasteiger partial charge is 0.196 e. The molecule has 1 aliphatic heterocycles. The van der Waals surface area contributed by atoms with Crippen LogP contribution in [0.3, 0.4) is 0 Å². The van der Waals surface area contributed by atoms with Gasteiger partial charge in [0, 0.05) is 19.5 Å². The summed E-state index contributed by atoms with van der Waals surface area (Å²) in [5.41, 5.74) is 1.79. The molecule has 3 rings (SSSR count). The Morgan fingerprint density at radius 2 is 2.00 bits per heavy atom. The predicted molar refractivity (Wildman–Crippen MR) is 65.1 cm³/mol. The third kappa shape index (κ3) is 1.80. The van der Waals surface area contributed by atoms with E-state index in [9.17, 15) is 4.79 Å². The van der Waals surface area contributed by atoms with E-state index in [4.69, 9.17) is 0 Å². The van der Waals surface area contributed by atoms with Gasteiger partial charge in [0.15, 0.2) is 5.78 Å². The molecule has 0 amide bonds. The summed E-state index contributed by atoms with van der Waals surface area (Å²) in [6.45, 7) is 1.21. The molecule has 0 bridgehead atoms. The first-order valence-electron chi connectivity index (χ1n) is 6.57. The second-order valence-corrected chi connectivity index (χ2v) is 5.19. The first kappa shape index (κ1) is 11.0. The van der Waals surface area contributed by atoms with E-state index in [1.807, 2.05) is 0 Å². The van der Waals surface area contributed by atoms with Crippen LogP contribution in [0, 0.1) is 0 Å². The van der Waals surface area contributed by atoms with Gasteiger partial charge >= 0.3 is 0 Å². The molecule has 2 aliphatic rings. The molecular formula is C13H19N3O. The van der Waals surface area contributed by atoms with Crippen molar-refractivity contribution in [2.75, 3.05) is 6.54 Å². The summed E-state index contributed by atoms with van der Waals surface area (Å²) in [5, 5.41) is 3.14. The third-order valence-corrected chi connectivity index (χ3v) is 4.06. The number of hydrogen-bond donors (Lipinski definition) is 1. The Bertz CT molecular complexity index is 444. The van der Waals surface area contributed by atoms with E-state index in [0.717, 1.165) is 18.1 Å². The minimum atomic E-state index is 0.143. The highest BCUT2D eigenvalue weighted by molar-refractivity contribution is 5.97. The van der Waals surface area contributed by atoms with Crippen LogP contribution in [-0.4, -0.2) is 21.9 Å². The molecule has 4 heteroatoms. The molecule has 1 aromatic heterocycles. The van der Waals surface area contributed by atoms with Crippen molar-refractivity contribution < 1.29 is 4.79 Å². The molecule has 1 aliphatic carbocycles. The van der Waals surface area contributed by atoms with E-state index in [1.54, 1.807) is 0 Å². The highest BCUT2D eigenvalue weighted by Crippen LogP contribution is 2.33. The van der Waals surface area contributed by atoms with Crippen LogP contribution < -0.4 is 5.32 Å². The van der Waals surface area contributed by atoms with Crippen LogP contribution in [0.1, 0.15) is 60.0 Å². The topological polar surface area (TPSA) is 46.9 Å². The molecule has 2 heterocycles. The molecular weight excluding hydrogens is 214 g/mol. The molecule has 1 saturated carbocycles. The summed E-state index contributed by atoms with van der Waals surface area (Å²) in [4.78, 5) is 16.4. The van der Waals surface area contributed by atoms with E-state index >= 15 is 0 Å². The van der Waals surface area contributed by atoms with Crippen molar-refractivity contribution in [1.29, 1.82) is 0 Å². The zero-order chi connectivity index (χ0) is 11.8. The van der Waals surface area contributed by atoms with E-state index in [0.29, 0.717) is 18.2 Å². The minimum Gasteiger partial charge on any atom is -0.333 e. The van der Waals surface area contributed by atoms with E-state index in [-0.39, 0.29) is 5.78 Å². The van der Waals surface area contributed by atoms with Crippen LogP contribution in [0.2, 0.25) is 0 Å². The molecule has 4 nitrogen and oxygen atoms in total. The van der Waals surface area contributed by atoms with Gasteiger partial charge in [-0.25, -0.2) is 4.98 Å². The number of carbonyl (C=O) groups excluding carboxylic acids is 1. The van der Waals surface area contributed by atoms with Gasteiger partial charge in [-0.1, -0.05) is 19.3 Å². The summed E-state index contributed by atoms with van der Waals surface area (Å²) in [6, 6.07) is 0. The number of ketones is 1. The summed E-state index contributed by atoms with van der Waals surface area (Å²) in [7, 11) is 2.05. The lowest BCUT2D eigenvalue weighted by Crippen LogP contribution is -2.30. The van der Waals surface area contributed by atoms with Crippen LogP contribution >= 0.6 is 0 Å². The van der Waals surface area contributed by atoms with E-state index in [2.05, 4.69) is 21.9 Å². The average Bonchev–Trinajstić information content (AvgIpc) is 2.70. The van der Waals surface area contributed by atoms with Gasteiger partial charge in [-0.3, -0.25) is 4.79 Å². The van der Waals surface area contributed by atoms with Crippen LogP contribution in [0.5, 0.6) is 0 Å². The molecule has 17 heavy (non-hydrogen) atoms. The fraction of sp³-hybridized carbons (Fsp3) is 0.692. The maximum absolute atomic E-state index is 11.8. The number of nitrogens with zero attached hydrogens (tertiary/aromatic N) is 2. The average molecular weight is 233 g/mol. The van der Waals surface area contributed by atoms with Gasteiger partial charge in [-0.15, -0.1) is 0 Å². The standard InChI is InChI=1S/C13H19N3O/c1-16-10-7-14-8-11(17)12(10)15-13(16)9-5-3-2-4-6-9/h9,14H,2-8H2,1H3. The molecule has 0 atom stereocenters. The van der Waals surface area contributed by atoms with Crippen molar-refractivity contribution in [3.8, 4) is 0 Å². The highest BCUT2D eigenvalue weighted by atomic mass is 16.1. The molecule has 92 valence electrons. The fourth-order valence-corrected chi connectivity index (χ4v) is 3.08. The van der Waals surface area contributed by atoms with Crippen molar-refractivity contribution in [3.05, 3.63) is 17.2 Å². The van der Waals surface area contributed by atoms with Gasteiger partial charge in [0.1, 0.15) is 11.5 Å². The van der Waals surface area contributed by atoms with E-state index < -0.39 is 0 Å². The van der Waals surface area contributed by atoms with E-state index in [1.165, 1.54) is 32.1 Å². The number of hydrogen-bond acceptors (Lipinski definition) is 3. The van der Waals surface area contributed by atoms with Crippen molar-refractivity contribution in [2.45, 2.75) is 44.6 Å². The Balaban J connectivity index is 1.97. The molecule has 0 aromatic carbocycles. The summed E-state index contributed by atoms with van der Waals surface area (Å²) < 4.78 is 2.15. The Hall–Kier alpha value is -1.16. The maximum atomic E-state index is 11.8. The van der Waals surface area contributed by atoms with Gasteiger partial charge in [0.05, 0.1) is 12.2 Å². The lowest BCUT2D eigenvalue weighted by molar-refractivity contribution is 0.0977. The number of nitrogens with one attached hydrogen (secondary N) is 1. The van der Waals surface area contributed by atoms with Crippen molar-refractivity contribution in [3.63, 3.8) is 0 Å². The van der Waals surface area contributed by atoms with Gasteiger partial charge in [-0.2, -0.15) is 0 Å². The second-order valence-electron chi connectivity index (χ2n) is 5.19.